The van der Waals surface area contributed by atoms with E-state index in [0.717, 1.165) is 88.8 Å². The van der Waals surface area contributed by atoms with Gasteiger partial charge in [0, 0.05) is 205 Å². The molecule has 6 N–H and O–H groups in total. The van der Waals surface area contributed by atoms with Crippen molar-refractivity contribution in [3.63, 3.8) is 0 Å². The van der Waals surface area contributed by atoms with Gasteiger partial charge in [0.1, 0.15) is 17.2 Å². The quantitative estimate of drug-likeness (QED) is 0.0302. The third kappa shape index (κ3) is 41.1. The fourth-order valence-electron chi connectivity index (χ4n) is 9.13. The zero-order chi connectivity index (χ0) is 92.0. The summed E-state index contributed by atoms with van der Waals surface area (Å²) < 4.78 is 195. The van der Waals surface area contributed by atoms with Crippen molar-refractivity contribution in [3.05, 3.63) is 403 Å². The van der Waals surface area contributed by atoms with Gasteiger partial charge in [0.25, 0.3) is 0 Å². The molecule has 40 heteroatoms. The first-order valence-electron chi connectivity index (χ1n) is 35.6. The normalized spacial score (nSPS) is 10.2. The molecule has 0 spiro atoms. The van der Waals surface area contributed by atoms with Gasteiger partial charge in [-0.3, -0.25) is 50.5 Å². The number of aromatic carboxylic acids is 1. The van der Waals surface area contributed by atoms with E-state index < -0.39 is 87.9 Å². The van der Waals surface area contributed by atoms with Gasteiger partial charge in [-0.05, 0) is 119 Å². The number of carboxylic acid groups (broad SMARTS) is 1. The molecule has 0 bridgehead atoms. The Morgan fingerprint density at radius 3 is 0.992 bits per heavy atom. The second kappa shape index (κ2) is 61.5. The van der Waals surface area contributed by atoms with E-state index in [0.29, 0.717) is 34.7 Å². The first-order chi connectivity index (χ1) is 60.4. The van der Waals surface area contributed by atoms with Crippen LogP contribution in [0.3, 0.4) is 0 Å². The number of rotatable bonds is 16. The molecule has 8 aromatic heterocycles. The number of carbonyl (C=O) groups is 1. The van der Waals surface area contributed by atoms with Gasteiger partial charge >= 0.3 is 38.4 Å². The molecule has 0 aliphatic rings. The Morgan fingerprint density at radius 1 is 0.420 bits per heavy atom. The van der Waals surface area contributed by atoms with Gasteiger partial charge in [-0.2, -0.15) is 38.6 Å². The second-order valence-corrected chi connectivity index (χ2v) is 23.6. The summed E-state index contributed by atoms with van der Waals surface area (Å²) in [5.41, 5.74) is 17.9. The van der Waals surface area contributed by atoms with Crippen LogP contribution in [0.1, 0.15) is 21.9 Å². The van der Waals surface area contributed by atoms with Crippen molar-refractivity contribution in [2.75, 3.05) is 33.8 Å². The Hall–Kier alpha value is -13.0. The maximum Gasteiger partial charge on any atom is 3.00 e. The third-order valence-corrected chi connectivity index (χ3v) is 14.9. The number of carboxylic acids is 1. The number of methoxy groups -OCH3 is 4. The summed E-state index contributed by atoms with van der Waals surface area (Å²) in [4.78, 5) is 44.2. The van der Waals surface area contributed by atoms with Crippen LogP contribution in [0, 0.1) is 93.8 Å². The number of pyridine rings is 8. The van der Waals surface area contributed by atoms with Crippen molar-refractivity contribution in [1.82, 2.24) is 39.9 Å². The summed E-state index contributed by atoms with van der Waals surface area (Å²) in [6.45, 7) is 0. The molecule has 0 fully saturated rings. The molecule has 8 heterocycles. The summed E-state index contributed by atoms with van der Waals surface area (Å²) in [6.07, 6.45) is 6.50. The van der Waals surface area contributed by atoms with E-state index in [-0.39, 0.29) is 140 Å². The van der Waals surface area contributed by atoms with Crippen LogP contribution in [0.2, 0.25) is 0 Å². The van der Waals surface area contributed by atoms with E-state index in [1.54, 1.807) is 156 Å². The molecule has 21 nitrogen and oxygen atoms in total. The molecular formula is C91H66F14Ir5N15O6-6. The summed E-state index contributed by atoms with van der Waals surface area (Å²) in [7, 11) is 6.47. The summed E-state index contributed by atoms with van der Waals surface area (Å²) in [5.74, 6) is -5.90. The van der Waals surface area contributed by atoms with Gasteiger partial charge < -0.3 is 81.6 Å². The van der Waals surface area contributed by atoms with Gasteiger partial charge in [-0.15, -0.1) is 78.5 Å². The smallest absolute Gasteiger partial charge is 0.811 e. The van der Waals surface area contributed by atoms with Gasteiger partial charge in [0.15, 0.2) is 0 Å². The average molecular weight is 2690 g/mol. The van der Waals surface area contributed by atoms with E-state index >= 15 is 0 Å². The summed E-state index contributed by atoms with van der Waals surface area (Å²) in [5, 5.41) is 32.3. The molecule has 0 saturated carbocycles. The van der Waals surface area contributed by atoms with Crippen molar-refractivity contribution >= 4 is 41.0 Å². The molecule has 131 heavy (non-hydrogen) atoms. The first-order valence-corrected chi connectivity index (χ1v) is 35.6. The number of nitrogens with zero attached hydrogens (tertiary/aromatic N) is 10. The van der Waals surface area contributed by atoms with Crippen LogP contribution in [-0.4, -0.2) is 115 Å². The monoisotopic (exact) mass is 2700 g/mol. The molecule has 0 saturated heterocycles. The van der Waals surface area contributed by atoms with Crippen LogP contribution >= 0.6 is 0 Å². The number of amidine groups is 2. The number of alkyl halides is 6. The molecule has 0 atom stereocenters. The number of hydrogen-bond donors (Lipinski definition) is 4. The Morgan fingerprint density at radius 2 is 0.725 bits per heavy atom. The number of hydrogen-bond acceptors (Lipinski definition) is 16. The number of halogens is 14. The Labute approximate surface area is 809 Å². The molecule has 14 aromatic rings. The number of anilines is 1. The standard InChI is InChI=1S/2C13H12NO2.3C11H6F2N.C9H7F3N3.C9H6F2N2.C8H6F3N4.C6H5NO2.5Ir/c2*1-15-10-6-7-11(13(9-10)16-2)12-5-3-4-8-14-12;3*12-8-4-5-9(10(13)7-8)11-3-1-2-6-14-11;10-9(11,12)8(14)5-6(13)7-3-1-2-4-15-7;10-7-2-3-9(8(11)6-7)13-5-1-4-12;9-8(10,11)7(13)15-6(12)5-3-1-2-4-14-5;8-6(9)5-3-1-2-4-7-5;;;;;/h2*3-6,8-9H,1-2H3;3*1-4,6-7H;1-5,13-14H;1-2,4-6,13H;1-4H,(H2-,12,13,15);1-4H,(H,8,9);;;;;/q6*-1;-2;-1;;;;;;+3/b;;;;;6-5-,14-8?;5-1-;;;;;;;. The second-order valence-electron chi connectivity index (χ2n) is 23.6. The molecule has 0 unspecified atom stereocenters. The van der Waals surface area contributed by atoms with E-state index in [2.05, 4.69) is 86.6 Å². The van der Waals surface area contributed by atoms with Gasteiger partial charge in [0.2, 0.25) is 0 Å². The maximum absolute atomic E-state index is 13.2. The fourth-order valence-corrected chi connectivity index (χ4v) is 9.13. The van der Waals surface area contributed by atoms with Gasteiger partial charge in [-0.25, -0.2) is 9.78 Å². The van der Waals surface area contributed by atoms with Crippen molar-refractivity contribution in [1.29, 1.82) is 10.8 Å². The average Bonchev–Trinajstić information content (AvgIpc) is 0.846. The number of benzene rings is 6. The zero-order valence-corrected chi connectivity index (χ0v) is 79.6. The number of ether oxygens (including phenoxy) is 4. The maximum atomic E-state index is 13.2. The molecule has 6 aromatic carbocycles. The Bertz CT molecular complexity index is 5490. The van der Waals surface area contributed by atoms with E-state index in [1.165, 1.54) is 55.1 Å². The van der Waals surface area contributed by atoms with Crippen molar-refractivity contribution in [3.8, 4) is 79.3 Å². The number of nitrogens with one attached hydrogen (secondary N) is 5. The first kappa shape index (κ1) is 116. The van der Waals surface area contributed by atoms with Gasteiger partial charge in [-0.1, -0.05) is 143 Å². The Kier molecular flexibility index (Phi) is 54.5. The van der Waals surface area contributed by atoms with Crippen LogP contribution in [0.4, 0.5) is 67.2 Å². The molecule has 0 aliphatic carbocycles. The van der Waals surface area contributed by atoms with Crippen molar-refractivity contribution in [2.45, 2.75) is 12.4 Å². The molecule has 4 radical (unpaired) electrons. The molecular weight excluding hydrogens is 2630 g/mol. The van der Waals surface area contributed by atoms with Crippen LogP contribution in [0.15, 0.2) is 291 Å². The SMILES string of the molecule is COc1c[c-]c(-c2ccccn2)c(OC)c1.COc1c[c-]c(-c2ccccn2)c(OC)c1.Fc1c[c-]c(-c2ccccn2)c(F)c1.Fc1c[c-]c(-c2ccccn2)c(F)c1.Fc1c[c-]c(-c2ccccn2)c(F)c1.N=C(/C=C(\[NH-])c1ccccn1)C(F)(F)F.N=C(N=C([NH-])c1ccccn1)C(F)(F)F.O=C(O)c1ccccn1.[Ir+3].[Ir].[Ir].[Ir].[Ir].[N-]=C/C=C\Nc1[c-]cc(F)cc1F. The van der Waals surface area contributed by atoms with E-state index in [9.17, 15) is 66.3 Å². The number of allylic oxidation sites excluding steroid dienone is 2. The minimum atomic E-state index is -4.83. The minimum Gasteiger partial charge on any atom is -0.811 e. The van der Waals surface area contributed by atoms with Crippen LogP contribution in [0.5, 0.6) is 23.0 Å². The van der Waals surface area contributed by atoms with Crippen LogP contribution < -0.4 is 24.3 Å². The van der Waals surface area contributed by atoms with Crippen LogP contribution in [0.25, 0.3) is 78.9 Å². The third-order valence-electron chi connectivity index (χ3n) is 14.9. The van der Waals surface area contributed by atoms with E-state index in [1.807, 2.05) is 48.5 Å². The topological polar surface area (TPSA) is 319 Å². The van der Waals surface area contributed by atoms with Crippen molar-refractivity contribution < 1.29 is 191 Å². The van der Waals surface area contributed by atoms with Crippen molar-refractivity contribution in [2.24, 2.45) is 4.99 Å². The Balaban J connectivity index is 0.000000735. The summed E-state index contributed by atoms with van der Waals surface area (Å²) in [6, 6.07) is 71.3. The van der Waals surface area contributed by atoms with Gasteiger partial charge in [0.05, 0.1) is 34.1 Å². The minimum absolute atomic E-state index is 0. The predicted octanol–water partition coefficient (Wildman–Crippen LogP) is 22.2. The molecule has 690 valence electrons. The fraction of sp³-hybridized carbons (Fsp3) is 0.0659. The largest absolute Gasteiger partial charge is 3.00 e. The number of aliphatic imine (C=N–C) groups is 1. The molecule has 14 rings (SSSR count). The molecule has 0 aliphatic heterocycles. The molecule has 0 amide bonds. The van der Waals surface area contributed by atoms with E-state index in [4.69, 9.17) is 51.7 Å². The summed E-state index contributed by atoms with van der Waals surface area (Å²) >= 11 is 0. The number of aromatic nitrogens is 8. The zero-order valence-electron chi connectivity index (χ0n) is 67.6. The van der Waals surface area contributed by atoms with Crippen LogP contribution in [-0.2, 0) is 101 Å². The predicted molar refractivity (Wildman–Crippen MR) is 446 cm³/mol.